The molecule has 0 aromatic heterocycles. The van der Waals surface area contributed by atoms with Crippen LogP contribution in [0.3, 0.4) is 0 Å². The van der Waals surface area contributed by atoms with Gasteiger partial charge in [0.1, 0.15) is 17.3 Å². The number of allylic oxidation sites excluding steroid dienone is 1. The third-order valence-corrected chi connectivity index (χ3v) is 8.55. The van der Waals surface area contributed by atoms with Crippen LogP contribution in [-0.4, -0.2) is 29.6 Å². The maximum absolute atomic E-state index is 14.6. The van der Waals surface area contributed by atoms with E-state index in [-0.39, 0.29) is 23.0 Å². The van der Waals surface area contributed by atoms with E-state index in [0.29, 0.717) is 11.3 Å². The predicted molar refractivity (Wildman–Crippen MR) is 150 cm³/mol. The summed E-state index contributed by atoms with van der Waals surface area (Å²) in [5.41, 5.74) is 3.34. The minimum atomic E-state index is -1.36. The Bertz CT molecular complexity index is 1580. The Labute approximate surface area is 227 Å². The molecule has 1 fully saturated rings. The minimum Gasteiger partial charge on any atom is -0.352 e. The third-order valence-electron chi connectivity index (χ3n) is 8.55. The number of nitrogens with zero attached hydrogens (tertiary/aromatic N) is 1. The number of anilines is 2. The highest BCUT2D eigenvalue weighted by atomic mass is 19.1. The summed E-state index contributed by atoms with van der Waals surface area (Å²) in [6.45, 7) is 9.57. The van der Waals surface area contributed by atoms with E-state index >= 15 is 0 Å². The van der Waals surface area contributed by atoms with Crippen molar-refractivity contribution >= 4 is 34.4 Å². The van der Waals surface area contributed by atoms with Crippen molar-refractivity contribution in [1.29, 1.82) is 0 Å². The van der Waals surface area contributed by atoms with Crippen molar-refractivity contribution in [1.82, 2.24) is 0 Å². The molecule has 6 rings (SSSR count). The molecule has 1 spiro atoms. The van der Waals surface area contributed by atoms with E-state index in [0.717, 1.165) is 22.4 Å². The van der Waals surface area contributed by atoms with Gasteiger partial charge < -0.3 is 10.2 Å². The number of amides is 1. The number of benzene rings is 3. The lowest BCUT2D eigenvalue weighted by atomic mass is 9.63. The number of halogens is 1. The molecule has 5 nitrogen and oxygen atoms in total. The van der Waals surface area contributed by atoms with Crippen LogP contribution in [0.2, 0.25) is 0 Å². The molecule has 1 amide bonds. The quantitative estimate of drug-likeness (QED) is 0.422. The first-order chi connectivity index (χ1) is 18.5. The molecule has 3 aliphatic rings. The van der Waals surface area contributed by atoms with E-state index in [1.54, 1.807) is 0 Å². The van der Waals surface area contributed by atoms with Gasteiger partial charge >= 0.3 is 0 Å². The molecular formula is C33H31FN2O3. The number of aryl methyl sites for hydroxylation is 1. The number of ketones is 2. The average molecular weight is 523 g/mol. The number of carbonyl (C=O) groups excluding carboxylic acids is 3. The number of hydrogen-bond donors (Lipinski definition) is 1. The first-order valence-corrected chi connectivity index (χ1v) is 13.3. The fourth-order valence-corrected chi connectivity index (χ4v) is 6.78. The maximum Gasteiger partial charge on any atom is 0.238 e. The fourth-order valence-electron chi connectivity index (χ4n) is 6.78. The SMILES string of the molecule is CC1=C[C@@H]2N(c3ccc(C)cc31)[C@H](C(=O)C(C)(C)C)[C@H](C(=O)c1ccc(F)cc1)[C@]21C(=O)Nc2ccccc21. The Hall–Kier alpha value is -4.06. The van der Waals surface area contributed by atoms with Crippen molar-refractivity contribution in [3.05, 3.63) is 101 Å². The van der Waals surface area contributed by atoms with Crippen LogP contribution < -0.4 is 10.2 Å². The number of hydrogen-bond acceptors (Lipinski definition) is 4. The van der Waals surface area contributed by atoms with Gasteiger partial charge in [-0.2, -0.15) is 0 Å². The Balaban J connectivity index is 1.70. The molecule has 3 aliphatic heterocycles. The maximum atomic E-state index is 14.6. The van der Waals surface area contributed by atoms with Crippen LogP contribution in [0.1, 0.15) is 54.7 Å². The lowest BCUT2D eigenvalue weighted by molar-refractivity contribution is -0.128. The van der Waals surface area contributed by atoms with E-state index in [9.17, 15) is 18.8 Å². The molecule has 4 atom stereocenters. The highest BCUT2D eigenvalue weighted by Gasteiger charge is 2.71. The first kappa shape index (κ1) is 25.2. The van der Waals surface area contributed by atoms with E-state index in [2.05, 4.69) is 11.4 Å². The smallest absolute Gasteiger partial charge is 0.238 e. The summed E-state index contributed by atoms with van der Waals surface area (Å²) in [7, 11) is 0. The number of rotatable bonds is 3. The highest BCUT2D eigenvalue weighted by molar-refractivity contribution is 6.17. The van der Waals surface area contributed by atoms with Crippen LogP contribution in [0.5, 0.6) is 0 Å². The summed E-state index contributed by atoms with van der Waals surface area (Å²) in [5.74, 6) is -2.28. The standard InChI is InChI=1S/C33H31FN2O3/c1-18-10-15-25-22(16-18)19(2)17-26-33(23-8-6-7-9-24(23)35-31(33)39)27(28(36(25)26)30(38)32(3,4)5)29(37)20-11-13-21(34)14-12-20/h6-17,26-28H,1-5H3,(H,35,39)/t26-,27+,28-,33+/m0/s1. The molecule has 6 heteroatoms. The van der Waals surface area contributed by atoms with Crippen LogP contribution in [0.25, 0.3) is 5.57 Å². The molecule has 1 N–H and O–H groups in total. The zero-order valence-electron chi connectivity index (χ0n) is 22.7. The monoisotopic (exact) mass is 522 g/mol. The normalized spacial score (nSPS) is 25.1. The number of para-hydroxylation sites is 1. The number of carbonyl (C=O) groups is 3. The molecule has 0 unspecified atom stereocenters. The second kappa shape index (κ2) is 8.47. The van der Waals surface area contributed by atoms with Crippen molar-refractivity contribution in [2.24, 2.45) is 11.3 Å². The van der Waals surface area contributed by atoms with E-state index in [1.807, 2.05) is 82.0 Å². The molecular weight excluding hydrogens is 491 g/mol. The van der Waals surface area contributed by atoms with Gasteiger partial charge in [-0.1, -0.05) is 56.7 Å². The largest absolute Gasteiger partial charge is 0.352 e. The Morgan fingerprint density at radius 3 is 2.36 bits per heavy atom. The van der Waals surface area contributed by atoms with Gasteiger partial charge in [0.05, 0.1) is 12.0 Å². The van der Waals surface area contributed by atoms with Gasteiger partial charge in [-0.3, -0.25) is 14.4 Å². The van der Waals surface area contributed by atoms with E-state index < -0.39 is 34.6 Å². The molecule has 0 radical (unpaired) electrons. The topological polar surface area (TPSA) is 66.5 Å². The predicted octanol–water partition coefficient (Wildman–Crippen LogP) is 6.11. The van der Waals surface area contributed by atoms with Crippen LogP contribution in [0.15, 0.2) is 72.8 Å². The van der Waals surface area contributed by atoms with Gasteiger partial charge in [0.25, 0.3) is 0 Å². The van der Waals surface area contributed by atoms with Gasteiger partial charge in [-0.25, -0.2) is 4.39 Å². The van der Waals surface area contributed by atoms with E-state index in [4.69, 9.17) is 0 Å². The molecule has 198 valence electrons. The molecule has 0 saturated carbocycles. The average Bonchev–Trinajstić information content (AvgIpc) is 3.35. The first-order valence-electron chi connectivity index (χ1n) is 13.3. The van der Waals surface area contributed by atoms with Crippen LogP contribution in [0.4, 0.5) is 15.8 Å². The summed E-state index contributed by atoms with van der Waals surface area (Å²) in [6, 6.07) is 17.4. The number of Topliss-reactive ketones (excluding diaryl/α,β-unsaturated/α-hetero) is 2. The lowest BCUT2D eigenvalue weighted by Gasteiger charge is -2.40. The molecule has 3 aromatic rings. The summed E-state index contributed by atoms with van der Waals surface area (Å²) in [4.78, 5) is 45.4. The summed E-state index contributed by atoms with van der Waals surface area (Å²) in [5, 5.41) is 3.04. The molecule has 3 heterocycles. The zero-order chi connectivity index (χ0) is 27.9. The van der Waals surface area contributed by atoms with Gasteiger partial charge in [0.15, 0.2) is 11.6 Å². The second-order valence-corrected chi connectivity index (χ2v) is 12.0. The second-order valence-electron chi connectivity index (χ2n) is 12.0. The van der Waals surface area contributed by atoms with Crippen molar-refractivity contribution in [2.75, 3.05) is 10.2 Å². The van der Waals surface area contributed by atoms with Gasteiger partial charge in [-0.05, 0) is 67.4 Å². The third kappa shape index (κ3) is 3.47. The molecule has 0 aliphatic carbocycles. The van der Waals surface area contributed by atoms with Gasteiger partial charge in [0, 0.05) is 27.9 Å². The Kier molecular flexibility index (Phi) is 5.48. The fraction of sp³-hybridized carbons (Fsp3) is 0.303. The molecule has 39 heavy (non-hydrogen) atoms. The zero-order valence-corrected chi connectivity index (χ0v) is 22.7. The number of fused-ring (bicyclic) bond motifs is 6. The molecule has 0 bridgehead atoms. The summed E-state index contributed by atoms with van der Waals surface area (Å²) < 4.78 is 13.9. The van der Waals surface area contributed by atoms with Gasteiger partial charge in [0.2, 0.25) is 5.91 Å². The number of nitrogens with one attached hydrogen (secondary N) is 1. The van der Waals surface area contributed by atoms with Crippen LogP contribution >= 0.6 is 0 Å². The summed E-state index contributed by atoms with van der Waals surface area (Å²) in [6.07, 6.45) is 2.05. The van der Waals surface area contributed by atoms with Crippen LogP contribution in [0, 0.1) is 24.1 Å². The van der Waals surface area contributed by atoms with Crippen molar-refractivity contribution in [3.63, 3.8) is 0 Å². The lowest BCUT2D eigenvalue weighted by Crippen LogP contribution is -2.51. The van der Waals surface area contributed by atoms with Crippen LogP contribution in [-0.2, 0) is 15.0 Å². The van der Waals surface area contributed by atoms with Gasteiger partial charge in [-0.15, -0.1) is 0 Å². The highest BCUT2D eigenvalue weighted by Crippen LogP contribution is 2.59. The van der Waals surface area contributed by atoms with Crippen molar-refractivity contribution in [2.45, 2.75) is 52.1 Å². The minimum absolute atomic E-state index is 0.124. The Morgan fingerprint density at radius 2 is 1.67 bits per heavy atom. The van der Waals surface area contributed by atoms with E-state index in [1.165, 1.54) is 24.3 Å². The van der Waals surface area contributed by atoms with Crippen molar-refractivity contribution in [3.8, 4) is 0 Å². The molecule has 3 aromatic carbocycles. The Morgan fingerprint density at radius 1 is 0.974 bits per heavy atom. The summed E-state index contributed by atoms with van der Waals surface area (Å²) >= 11 is 0. The molecule has 1 saturated heterocycles. The van der Waals surface area contributed by atoms with Crippen molar-refractivity contribution < 1.29 is 18.8 Å².